The van der Waals surface area contributed by atoms with Crippen molar-refractivity contribution in [3.05, 3.63) is 0 Å². The number of carbonyl (C=O) groups is 1. The zero-order chi connectivity index (χ0) is 12.8. The van der Waals surface area contributed by atoms with Crippen molar-refractivity contribution >= 4 is 5.97 Å². The van der Waals surface area contributed by atoms with E-state index in [2.05, 4.69) is 0 Å². The number of ether oxygens (including phenoxy) is 5. The Balaban J connectivity index is 2.70. The maximum Gasteiger partial charge on any atom is 0.303 e. The summed E-state index contributed by atoms with van der Waals surface area (Å²) in [4.78, 5) is 11.0. The molecule has 6 nitrogen and oxygen atoms in total. The summed E-state index contributed by atoms with van der Waals surface area (Å²) in [5, 5.41) is 0. The van der Waals surface area contributed by atoms with Gasteiger partial charge in [-0.3, -0.25) is 4.79 Å². The molecule has 6 heteroatoms. The summed E-state index contributed by atoms with van der Waals surface area (Å²) >= 11 is 0. The molecule has 1 aliphatic rings. The van der Waals surface area contributed by atoms with Crippen LogP contribution >= 0.6 is 0 Å². The Morgan fingerprint density at radius 2 is 1.88 bits per heavy atom. The molecular formula is C11H20O6. The predicted molar refractivity (Wildman–Crippen MR) is 58.8 cm³/mol. The van der Waals surface area contributed by atoms with Crippen LogP contribution in [0.5, 0.6) is 0 Å². The third kappa shape index (κ3) is 3.64. The number of methoxy groups -OCH3 is 3. The number of hydrogen-bond acceptors (Lipinski definition) is 6. The molecule has 0 unspecified atom stereocenters. The first-order valence-electron chi connectivity index (χ1n) is 5.47. The van der Waals surface area contributed by atoms with E-state index in [-0.39, 0.29) is 30.9 Å². The van der Waals surface area contributed by atoms with Gasteiger partial charge in [-0.15, -0.1) is 0 Å². The average Bonchev–Trinajstić information content (AvgIpc) is 2.30. The van der Waals surface area contributed by atoms with Crippen molar-refractivity contribution < 1.29 is 28.5 Å². The summed E-state index contributed by atoms with van der Waals surface area (Å²) in [7, 11) is 4.72. The lowest BCUT2D eigenvalue weighted by atomic mass is 10.00. The van der Waals surface area contributed by atoms with Gasteiger partial charge < -0.3 is 23.7 Å². The topological polar surface area (TPSA) is 63.2 Å². The fourth-order valence-corrected chi connectivity index (χ4v) is 2.02. The van der Waals surface area contributed by atoms with Gasteiger partial charge in [0, 0.05) is 28.3 Å². The van der Waals surface area contributed by atoms with Crippen LogP contribution in [0.4, 0.5) is 0 Å². The second kappa shape index (κ2) is 6.90. The van der Waals surface area contributed by atoms with Crippen LogP contribution < -0.4 is 0 Å². The van der Waals surface area contributed by atoms with E-state index in [9.17, 15) is 4.79 Å². The molecule has 0 N–H and O–H groups in total. The molecule has 4 atom stereocenters. The lowest BCUT2D eigenvalue weighted by Crippen LogP contribution is -2.57. The Morgan fingerprint density at radius 1 is 1.24 bits per heavy atom. The van der Waals surface area contributed by atoms with Gasteiger partial charge in [-0.05, 0) is 0 Å². The summed E-state index contributed by atoms with van der Waals surface area (Å²) in [6, 6.07) is 0. The van der Waals surface area contributed by atoms with Gasteiger partial charge in [0.1, 0.15) is 18.3 Å². The first kappa shape index (κ1) is 14.4. The van der Waals surface area contributed by atoms with Crippen LogP contribution in [0.1, 0.15) is 6.92 Å². The standard InChI is InChI=1S/C11H20O6/c1-7(12)17-9-6-16-8(5-13-2)10(14-3)11(9)15-4/h8-11H,5-6H2,1-4H3/t8-,9+,10+,11+/m0/s1. The van der Waals surface area contributed by atoms with Crippen molar-refractivity contribution in [1.29, 1.82) is 0 Å². The highest BCUT2D eigenvalue weighted by Gasteiger charge is 2.42. The lowest BCUT2D eigenvalue weighted by Gasteiger charge is -2.40. The highest BCUT2D eigenvalue weighted by molar-refractivity contribution is 5.66. The van der Waals surface area contributed by atoms with Crippen LogP contribution in [0, 0.1) is 0 Å². The van der Waals surface area contributed by atoms with E-state index >= 15 is 0 Å². The van der Waals surface area contributed by atoms with Crippen molar-refractivity contribution in [2.75, 3.05) is 34.5 Å². The highest BCUT2D eigenvalue weighted by atomic mass is 16.6. The van der Waals surface area contributed by atoms with Gasteiger partial charge in [0.2, 0.25) is 0 Å². The Hall–Kier alpha value is -0.690. The van der Waals surface area contributed by atoms with Crippen molar-refractivity contribution in [3.8, 4) is 0 Å². The summed E-state index contributed by atoms with van der Waals surface area (Å²) in [5.74, 6) is -0.360. The summed E-state index contributed by atoms with van der Waals surface area (Å²) in [5.41, 5.74) is 0. The Bertz CT molecular complexity index is 244. The molecule has 0 aromatic heterocycles. The molecule has 100 valence electrons. The molecule has 1 heterocycles. The first-order chi connectivity index (χ1) is 8.13. The Morgan fingerprint density at radius 3 is 2.35 bits per heavy atom. The number of carbonyl (C=O) groups excluding carboxylic acids is 1. The van der Waals surface area contributed by atoms with Crippen molar-refractivity contribution in [2.24, 2.45) is 0 Å². The van der Waals surface area contributed by atoms with Crippen LogP contribution in [0.25, 0.3) is 0 Å². The minimum absolute atomic E-state index is 0.221. The van der Waals surface area contributed by atoms with E-state index in [1.54, 1.807) is 21.3 Å². The zero-order valence-electron chi connectivity index (χ0n) is 10.7. The second-order valence-corrected chi connectivity index (χ2v) is 3.88. The second-order valence-electron chi connectivity index (χ2n) is 3.88. The molecule has 0 spiro atoms. The van der Waals surface area contributed by atoms with Crippen LogP contribution in [0.2, 0.25) is 0 Å². The highest BCUT2D eigenvalue weighted by Crippen LogP contribution is 2.23. The van der Waals surface area contributed by atoms with Gasteiger partial charge in [0.25, 0.3) is 0 Å². The van der Waals surface area contributed by atoms with Crippen LogP contribution in [-0.4, -0.2) is 64.9 Å². The van der Waals surface area contributed by atoms with Gasteiger partial charge in [0.15, 0.2) is 6.10 Å². The van der Waals surface area contributed by atoms with E-state index in [1.165, 1.54) is 6.92 Å². The fraction of sp³-hybridized carbons (Fsp3) is 0.909. The van der Waals surface area contributed by atoms with Crippen molar-refractivity contribution in [2.45, 2.75) is 31.3 Å². The Kier molecular flexibility index (Phi) is 5.84. The molecule has 0 saturated carbocycles. The van der Waals surface area contributed by atoms with E-state index in [1.807, 2.05) is 0 Å². The predicted octanol–water partition coefficient (Wildman–Crippen LogP) is -0.00670. The summed E-state index contributed by atoms with van der Waals surface area (Å²) in [6.07, 6.45) is -1.34. The molecule has 1 rings (SSSR count). The normalized spacial score (nSPS) is 33.4. The average molecular weight is 248 g/mol. The molecule has 0 aromatic rings. The third-order valence-corrected chi connectivity index (χ3v) is 2.72. The van der Waals surface area contributed by atoms with Gasteiger partial charge >= 0.3 is 5.97 Å². The molecule has 1 saturated heterocycles. The SMILES string of the molecule is COC[C@@H]1OC[C@@H](OC(C)=O)[C@@H](OC)[C@@H]1OC. The number of esters is 1. The van der Waals surface area contributed by atoms with Crippen LogP contribution in [-0.2, 0) is 28.5 Å². The molecule has 17 heavy (non-hydrogen) atoms. The summed E-state index contributed by atoms with van der Waals surface area (Å²) in [6.45, 7) is 2.05. The molecule has 1 fully saturated rings. The van der Waals surface area contributed by atoms with E-state index in [4.69, 9.17) is 23.7 Å². The summed E-state index contributed by atoms with van der Waals surface area (Å²) < 4.78 is 26.5. The zero-order valence-corrected chi connectivity index (χ0v) is 10.7. The minimum atomic E-state index is -0.449. The molecule has 0 bridgehead atoms. The van der Waals surface area contributed by atoms with Crippen LogP contribution in [0.15, 0.2) is 0 Å². The van der Waals surface area contributed by atoms with Gasteiger partial charge in [0.05, 0.1) is 13.2 Å². The lowest BCUT2D eigenvalue weighted by molar-refractivity contribution is -0.223. The van der Waals surface area contributed by atoms with E-state index in [0.29, 0.717) is 6.61 Å². The maximum atomic E-state index is 11.0. The number of hydrogen-bond donors (Lipinski definition) is 0. The van der Waals surface area contributed by atoms with Crippen molar-refractivity contribution in [3.63, 3.8) is 0 Å². The largest absolute Gasteiger partial charge is 0.457 e. The third-order valence-electron chi connectivity index (χ3n) is 2.72. The molecular weight excluding hydrogens is 228 g/mol. The first-order valence-corrected chi connectivity index (χ1v) is 5.47. The number of rotatable bonds is 5. The van der Waals surface area contributed by atoms with E-state index < -0.39 is 6.10 Å². The molecule has 0 aromatic carbocycles. The van der Waals surface area contributed by atoms with Gasteiger partial charge in [-0.2, -0.15) is 0 Å². The minimum Gasteiger partial charge on any atom is -0.457 e. The molecule has 0 amide bonds. The Labute approximate surface area is 101 Å². The molecule has 1 aliphatic heterocycles. The van der Waals surface area contributed by atoms with Crippen molar-refractivity contribution in [1.82, 2.24) is 0 Å². The van der Waals surface area contributed by atoms with Gasteiger partial charge in [-0.1, -0.05) is 0 Å². The fourth-order valence-electron chi connectivity index (χ4n) is 2.02. The molecule has 0 aliphatic carbocycles. The van der Waals surface area contributed by atoms with E-state index in [0.717, 1.165) is 0 Å². The maximum absolute atomic E-state index is 11.0. The van der Waals surface area contributed by atoms with Gasteiger partial charge in [-0.25, -0.2) is 0 Å². The monoisotopic (exact) mass is 248 g/mol. The molecule has 0 radical (unpaired) electrons. The van der Waals surface area contributed by atoms with Crippen LogP contribution in [0.3, 0.4) is 0 Å². The quantitative estimate of drug-likeness (QED) is 0.638. The smallest absolute Gasteiger partial charge is 0.303 e.